The summed E-state index contributed by atoms with van der Waals surface area (Å²) in [6.45, 7) is 0. The molecular formula is C20H16Cl3N9O2. The van der Waals surface area contributed by atoms with Crippen LogP contribution in [0.1, 0.15) is 0 Å². The van der Waals surface area contributed by atoms with Gasteiger partial charge in [-0.3, -0.25) is 4.79 Å². The highest BCUT2D eigenvalue weighted by Gasteiger charge is 2.03. The number of nitrogens with two attached hydrogens (primary N) is 2. The van der Waals surface area contributed by atoms with Gasteiger partial charge < -0.3 is 21.2 Å². The van der Waals surface area contributed by atoms with Crippen molar-refractivity contribution in [2.75, 3.05) is 18.6 Å². The molecule has 0 spiro atoms. The van der Waals surface area contributed by atoms with Crippen LogP contribution in [0.4, 0.5) is 11.4 Å². The first kappa shape index (κ1) is 24.8. The molecule has 5 N–H and O–H groups in total. The third-order valence-corrected chi connectivity index (χ3v) is 4.88. The summed E-state index contributed by atoms with van der Waals surface area (Å²) in [6, 6.07) is 4.98. The van der Waals surface area contributed by atoms with Crippen LogP contribution in [0.3, 0.4) is 0 Å². The molecule has 0 saturated heterocycles. The zero-order valence-corrected chi connectivity index (χ0v) is 19.7. The Kier molecular flexibility index (Phi) is 8.30. The van der Waals surface area contributed by atoms with Crippen molar-refractivity contribution in [3.63, 3.8) is 0 Å². The summed E-state index contributed by atoms with van der Waals surface area (Å²) in [4.78, 5) is 36.9. The molecule has 0 fully saturated rings. The number of H-pyrrole nitrogens is 1. The second-order valence-electron chi connectivity index (χ2n) is 6.23. The largest absolute Gasteiger partial charge is 0.480 e. The van der Waals surface area contributed by atoms with Crippen molar-refractivity contribution in [2.45, 2.75) is 0 Å². The SMILES string of the molecule is COc1cnc2c(Cl)nccc2n1.Nc1ccnc(Cl)c1N.O=c1cnc2c(Cl)nccc2[nH]1. The van der Waals surface area contributed by atoms with Gasteiger partial charge in [-0.25, -0.2) is 29.9 Å². The summed E-state index contributed by atoms with van der Waals surface area (Å²) in [5, 5.41) is 0.909. The van der Waals surface area contributed by atoms with Crippen molar-refractivity contribution >= 4 is 68.2 Å². The number of halogens is 3. The Morgan fingerprint density at radius 1 is 0.824 bits per heavy atom. The fourth-order valence-corrected chi connectivity index (χ4v) is 2.97. The van der Waals surface area contributed by atoms with Crippen LogP contribution in [-0.4, -0.2) is 42.0 Å². The lowest BCUT2D eigenvalue weighted by atomic mass is 10.4. The molecule has 0 aromatic carbocycles. The summed E-state index contributed by atoms with van der Waals surface area (Å²) in [5.74, 6) is 0.467. The van der Waals surface area contributed by atoms with Gasteiger partial charge in [-0.2, -0.15) is 0 Å². The van der Waals surface area contributed by atoms with E-state index in [-0.39, 0.29) is 10.7 Å². The zero-order valence-electron chi connectivity index (χ0n) is 17.4. The van der Waals surface area contributed by atoms with Gasteiger partial charge in [0.2, 0.25) is 5.88 Å². The number of pyridine rings is 3. The first-order chi connectivity index (χ1) is 16.3. The number of nitrogen functional groups attached to an aromatic ring is 2. The third-order valence-electron chi connectivity index (χ3n) is 4.03. The van der Waals surface area contributed by atoms with Gasteiger partial charge in [0.1, 0.15) is 11.0 Å². The van der Waals surface area contributed by atoms with Gasteiger partial charge in [0, 0.05) is 18.6 Å². The van der Waals surface area contributed by atoms with Crippen LogP contribution in [0.15, 0.2) is 54.0 Å². The zero-order chi connectivity index (χ0) is 24.7. The number of anilines is 2. The molecule has 0 atom stereocenters. The molecule has 11 nitrogen and oxygen atoms in total. The maximum absolute atomic E-state index is 10.8. The van der Waals surface area contributed by atoms with E-state index in [0.717, 1.165) is 0 Å². The number of ether oxygens (including phenoxy) is 1. The predicted octanol–water partition coefficient (Wildman–Crippen LogP) is 3.56. The first-order valence-electron chi connectivity index (χ1n) is 9.26. The molecule has 0 amide bonds. The Morgan fingerprint density at radius 2 is 1.44 bits per heavy atom. The van der Waals surface area contributed by atoms with Gasteiger partial charge in [-0.15, -0.1) is 0 Å². The van der Waals surface area contributed by atoms with E-state index < -0.39 is 0 Å². The molecule has 0 bridgehead atoms. The highest BCUT2D eigenvalue weighted by molar-refractivity contribution is 6.34. The number of nitrogens with zero attached hydrogens (tertiary/aromatic N) is 6. The topological polar surface area (TPSA) is 171 Å². The fraction of sp³-hybridized carbons (Fsp3) is 0.0500. The van der Waals surface area contributed by atoms with Crippen LogP contribution in [0.5, 0.6) is 5.88 Å². The van der Waals surface area contributed by atoms with Crippen molar-refractivity contribution < 1.29 is 4.74 Å². The molecule has 0 aliphatic rings. The normalized spacial score (nSPS) is 10.1. The predicted molar refractivity (Wildman–Crippen MR) is 132 cm³/mol. The number of hydrogen-bond acceptors (Lipinski definition) is 10. The van der Waals surface area contributed by atoms with E-state index in [0.29, 0.717) is 49.6 Å². The standard InChI is InChI=1S/C8H6ClN3O.C7H4ClN3O.C5H6ClN3/c1-13-6-4-11-7-5(12-6)2-3-10-8(7)9;8-7-6-4(1-2-9-7)11-5(12)3-10-6;6-5-4(8)3(7)1-2-9-5/h2-4H,1H3;1-3H,(H,11,12);1-2H,8H2,(H2,7,9). The number of hydrogen-bond donors (Lipinski definition) is 3. The van der Waals surface area contributed by atoms with Crippen LogP contribution in [0.2, 0.25) is 15.5 Å². The summed E-state index contributed by atoms with van der Waals surface area (Å²) in [5.41, 5.74) is 13.7. The Bertz CT molecular complexity index is 1480. The third kappa shape index (κ3) is 6.16. The molecular weight excluding hydrogens is 505 g/mol. The van der Waals surface area contributed by atoms with Gasteiger partial charge in [-0.1, -0.05) is 34.8 Å². The maximum Gasteiger partial charge on any atom is 0.266 e. The summed E-state index contributed by atoms with van der Waals surface area (Å²) in [6.07, 6.45) is 7.29. The molecule has 174 valence electrons. The maximum atomic E-state index is 10.8. The molecule has 0 saturated carbocycles. The van der Waals surface area contributed by atoms with Crippen molar-refractivity contribution in [1.82, 2.24) is 34.9 Å². The van der Waals surface area contributed by atoms with E-state index in [2.05, 4.69) is 34.9 Å². The van der Waals surface area contributed by atoms with E-state index in [9.17, 15) is 4.79 Å². The van der Waals surface area contributed by atoms with Gasteiger partial charge in [-0.05, 0) is 18.2 Å². The smallest absolute Gasteiger partial charge is 0.266 e. The lowest BCUT2D eigenvalue weighted by Gasteiger charge is -2.00. The van der Waals surface area contributed by atoms with Gasteiger partial charge in [0.05, 0.1) is 41.9 Å². The Morgan fingerprint density at radius 3 is 2.12 bits per heavy atom. The minimum absolute atomic E-state index is 0.246. The van der Waals surface area contributed by atoms with E-state index >= 15 is 0 Å². The Hall–Kier alpha value is -3.80. The van der Waals surface area contributed by atoms with Crippen LogP contribution in [0, 0.1) is 0 Å². The highest BCUT2D eigenvalue weighted by Crippen LogP contribution is 2.21. The quantitative estimate of drug-likeness (QED) is 0.277. The molecule has 0 radical (unpaired) electrons. The fourth-order valence-electron chi connectivity index (χ4n) is 2.40. The van der Waals surface area contributed by atoms with Crippen LogP contribution >= 0.6 is 34.8 Å². The van der Waals surface area contributed by atoms with Crippen molar-refractivity contribution in [2.24, 2.45) is 0 Å². The minimum Gasteiger partial charge on any atom is -0.480 e. The summed E-state index contributed by atoms with van der Waals surface area (Å²) in [7, 11) is 1.54. The number of nitrogens with one attached hydrogen (secondary N) is 1. The Labute approximate surface area is 207 Å². The molecule has 5 rings (SSSR count). The van der Waals surface area contributed by atoms with Gasteiger partial charge >= 0.3 is 0 Å². The summed E-state index contributed by atoms with van der Waals surface area (Å²) >= 11 is 17.0. The molecule has 5 aromatic heterocycles. The van der Waals surface area contributed by atoms with E-state index in [1.807, 2.05) is 0 Å². The van der Waals surface area contributed by atoms with Crippen LogP contribution < -0.4 is 21.8 Å². The van der Waals surface area contributed by atoms with E-state index in [4.69, 9.17) is 51.0 Å². The second kappa shape index (κ2) is 11.4. The van der Waals surface area contributed by atoms with Crippen molar-refractivity contribution in [1.29, 1.82) is 0 Å². The molecule has 0 unspecified atom stereocenters. The number of aromatic amines is 1. The molecule has 34 heavy (non-hydrogen) atoms. The van der Waals surface area contributed by atoms with Gasteiger partial charge in [0.15, 0.2) is 15.5 Å². The lowest BCUT2D eigenvalue weighted by Crippen LogP contribution is -2.05. The lowest BCUT2D eigenvalue weighted by molar-refractivity contribution is 0.397. The van der Waals surface area contributed by atoms with Crippen LogP contribution in [0.25, 0.3) is 22.1 Å². The molecule has 0 aliphatic heterocycles. The van der Waals surface area contributed by atoms with E-state index in [1.165, 1.54) is 24.8 Å². The van der Waals surface area contributed by atoms with Gasteiger partial charge in [0.25, 0.3) is 5.56 Å². The number of fused-ring (bicyclic) bond motifs is 2. The first-order valence-corrected chi connectivity index (χ1v) is 10.4. The number of rotatable bonds is 1. The van der Waals surface area contributed by atoms with Crippen molar-refractivity contribution in [3.8, 4) is 5.88 Å². The van der Waals surface area contributed by atoms with Crippen molar-refractivity contribution in [3.05, 3.63) is 75.0 Å². The highest BCUT2D eigenvalue weighted by atomic mass is 35.5. The monoisotopic (exact) mass is 519 g/mol. The van der Waals surface area contributed by atoms with E-state index in [1.54, 1.807) is 31.5 Å². The molecule has 0 aliphatic carbocycles. The van der Waals surface area contributed by atoms with Crippen LogP contribution in [-0.2, 0) is 0 Å². The average molecular weight is 521 g/mol. The second-order valence-corrected chi connectivity index (χ2v) is 7.31. The number of methoxy groups -OCH3 is 1. The molecule has 5 aromatic rings. The minimum atomic E-state index is -0.246. The number of aromatic nitrogens is 7. The summed E-state index contributed by atoms with van der Waals surface area (Å²) < 4.78 is 4.93. The molecule has 5 heterocycles. The Balaban J connectivity index is 0.000000146. The molecule has 14 heteroatoms. The average Bonchev–Trinajstić information content (AvgIpc) is 2.83.